The molecule has 1 fully saturated rings. The van der Waals surface area contributed by atoms with Crippen molar-refractivity contribution in [2.75, 3.05) is 40.6 Å². The van der Waals surface area contributed by atoms with Gasteiger partial charge in [-0.1, -0.05) is 6.07 Å². The van der Waals surface area contributed by atoms with Gasteiger partial charge in [0.15, 0.2) is 11.5 Å². The summed E-state index contributed by atoms with van der Waals surface area (Å²) in [5.41, 5.74) is 6.28. The SMILES string of the molecule is COCCOc1ccc(C(C)NC(=O)C2(N)CCOCC2)cc1OC.Cl. The molecule has 3 N–H and O–H groups in total. The summed E-state index contributed by atoms with van der Waals surface area (Å²) in [4.78, 5) is 12.5. The molecule has 1 aliphatic rings. The molecular weight excluding hydrogens is 360 g/mol. The zero-order valence-electron chi connectivity index (χ0n) is 15.6. The van der Waals surface area contributed by atoms with Gasteiger partial charge < -0.3 is 30.0 Å². The lowest BCUT2D eigenvalue weighted by atomic mass is 9.90. The molecule has 8 heteroatoms. The van der Waals surface area contributed by atoms with Gasteiger partial charge in [-0.3, -0.25) is 4.79 Å². The van der Waals surface area contributed by atoms with Gasteiger partial charge in [-0.25, -0.2) is 0 Å². The monoisotopic (exact) mass is 388 g/mol. The van der Waals surface area contributed by atoms with E-state index in [1.54, 1.807) is 14.2 Å². The molecule has 0 radical (unpaired) electrons. The smallest absolute Gasteiger partial charge is 0.240 e. The van der Waals surface area contributed by atoms with Gasteiger partial charge in [0, 0.05) is 20.3 Å². The van der Waals surface area contributed by atoms with Gasteiger partial charge in [-0.05, 0) is 37.5 Å². The van der Waals surface area contributed by atoms with Gasteiger partial charge in [0.05, 0.1) is 25.3 Å². The summed E-state index contributed by atoms with van der Waals surface area (Å²) < 4.78 is 21.3. The van der Waals surface area contributed by atoms with Crippen LogP contribution in [0.15, 0.2) is 18.2 Å². The highest BCUT2D eigenvalue weighted by molar-refractivity contribution is 5.86. The Kier molecular flexibility index (Phi) is 9.15. The number of hydrogen-bond donors (Lipinski definition) is 2. The van der Waals surface area contributed by atoms with E-state index in [4.69, 9.17) is 24.7 Å². The Morgan fingerprint density at radius 2 is 1.96 bits per heavy atom. The summed E-state index contributed by atoms with van der Waals surface area (Å²) in [5.74, 6) is 1.10. The molecule has 1 aromatic carbocycles. The van der Waals surface area contributed by atoms with Crippen LogP contribution in [0.5, 0.6) is 11.5 Å². The molecule has 148 valence electrons. The molecule has 1 aromatic rings. The zero-order valence-corrected chi connectivity index (χ0v) is 16.4. The van der Waals surface area contributed by atoms with E-state index in [0.717, 1.165) is 5.56 Å². The lowest BCUT2D eigenvalue weighted by Gasteiger charge is -2.33. The van der Waals surface area contributed by atoms with Crippen LogP contribution < -0.4 is 20.5 Å². The Morgan fingerprint density at radius 1 is 1.27 bits per heavy atom. The topological polar surface area (TPSA) is 92.0 Å². The molecule has 0 saturated carbocycles. The van der Waals surface area contributed by atoms with E-state index in [2.05, 4.69) is 5.32 Å². The molecule has 7 nitrogen and oxygen atoms in total. The molecule has 1 unspecified atom stereocenters. The van der Waals surface area contributed by atoms with Crippen molar-refractivity contribution in [1.29, 1.82) is 0 Å². The van der Waals surface area contributed by atoms with Crippen LogP contribution in [0, 0.1) is 0 Å². The molecule has 1 saturated heterocycles. The van der Waals surface area contributed by atoms with Gasteiger partial charge in [-0.2, -0.15) is 0 Å². The maximum absolute atomic E-state index is 12.5. The standard InChI is InChI=1S/C18H28N2O5.ClH/c1-13(20-17(21)18(19)6-8-24-9-7-18)14-4-5-15(16(12-14)23-3)25-11-10-22-2;/h4-5,12-13H,6-11,19H2,1-3H3,(H,20,21);1H. The van der Waals surface area contributed by atoms with Gasteiger partial charge in [-0.15, -0.1) is 12.4 Å². The molecular formula is C18H29ClN2O5. The van der Waals surface area contributed by atoms with Crippen molar-refractivity contribution in [2.24, 2.45) is 5.73 Å². The van der Waals surface area contributed by atoms with Crippen LogP contribution in [-0.4, -0.2) is 52.1 Å². The average Bonchev–Trinajstić information content (AvgIpc) is 2.62. The maximum Gasteiger partial charge on any atom is 0.240 e. The Labute approximate surface area is 160 Å². The van der Waals surface area contributed by atoms with Crippen LogP contribution in [0.2, 0.25) is 0 Å². The number of nitrogens with one attached hydrogen (secondary N) is 1. The van der Waals surface area contributed by atoms with Crippen LogP contribution in [0.4, 0.5) is 0 Å². The van der Waals surface area contributed by atoms with Crippen LogP contribution in [0.3, 0.4) is 0 Å². The minimum Gasteiger partial charge on any atom is -0.493 e. The van der Waals surface area contributed by atoms with E-state index in [1.165, 1.54) is 0 Å². The number of methoxy groups -OCH3 is 2. The molecule has 0 bridgehead atoms. The molecule has 1 amide bonds. The maximum atomic E-state index is 12.5. The minimum absolute atomic E-state index is 0. The first-order valence-corrected chi connectivity index (χ1v) is 8.47. The second-order valence-electron chi connectivity index (χ2n) is 6.22. The number of amides is 1. The molecule has 1 atom stereocenters. The second-order valence-corrected chi connectivity index (χ2v) is 6.22. The third-order valence-corrected chi connectivity index (χ3v) is 4.42. The van der Waals surface area contributed by atoms with Crippen molar-refractivity contribution in [1.82, 2.24) is 5.32 Å². The first kappa shape index (κ1) is 22.5. The number of benzene rings is 1. The number of rotatable bonds is 8. The van der Waals surface area contributed by atoms with Crippen molar-refractivity contribution < 1.29 is 23.7 Å². The van der Waals surface area contributed by atoms with Crippen molar-refractivity contribution in [3.05, 3.63) is 23.8 Å². The van der Waals surface area contributed by atoms with E-state index < -0.39 is 5.54 Å². The number of nitrogens with two attached hydrogens (primary N) is 1. The van der Waals surface area contributed by atoms with E-state index in [-0.39, 0.29) is 24.4 Å². The van der Waals surface area contributed by atoms with Crippen molar-refractivity contribution in [2.45, 2.75) is 31.3 Å². The van der Waals surface area contributed by atoms with Crippen molar-refractivity contribution in [3.8, 4) is 11.5 Å². The first-order valence-electron chi connectivity index (χ1n) is 8.47. The zero-order chi connectivity index (χ0) is 18.3. The van der Waals surface area contributed by atoms with Crippen molar-refractivity contribution >= 4 is 18.3 Å². The van der Waals surface area contributed by atoms with E-state index in [9.17, 15) is 4.79 Å². The lowest BCUT2D eigenvalue weighted by molar-refractivity contribution is -0.130. The molecule has 0 aromatic heterocycles. The van der Waals surface area contributed by atoms with Gasteiger partial charge in [0.1, 0.15) is 6.61 Å². The van der Waals surface area contributed by atoms with E-state index in [0.29, 0.717) is 50.8 Å². The summed E-state index contributed by atoms with van der Waals surface area (Å²) in [6.07, 6.45) is 1.06. The predicted octanol–water partition coefficient (Wildman–Crippen LogP) is 1.83. The summed E-state index contributed by atoms with van der Waals surface area (Å²) in [5, 5.41) is 2.99. The van der Waals surface area contributed by atoms with Crippen LogP contribution in [0.25, 0.3) is 0 Å². The van der Waals surface area contributed by atoms with Gasteiger partial charge >= 0.3 is 0 Å². The minimum atomic E-state index is -0.861. The number of hydrogen-bond acceptors (Lipinski definition) is 6. The molecule has 0 spiro atoms. The molecule has 1 heterocycles. The lowest BCUT2D eigenvalue weighted by Crippen LogP contribution is -2.57. The third-order valence-electron chi connectivity index (χ3n) is 4.42. The Balaban J connectivity index is 0.00000338. The van der Waals surface area contributed by atoms with Crippen LogP contribution in [-0.2, 0) is 14.3 Å². The molecule has 26 heavy (non-hydrogen) atoms. The predicted molar refractivity (Wildman–Crippen MR) is 101 cm³/mol. The fraction of sp³-hybridized carbons (Fsp3) is 0.611. The highest BCUT2D eigenvalue weighted by atomic mass is 35.5. The van der Waals surface area contributed by atoms with Gasteiger partial charge in [0.2, 0.25) is 5.91 Å². The Hall–Kier alpha value is -1.54. The first-order chi connectivity index (χ1) is 12.0. The fourth-order valence-corrected chi connectivity index (χ4v) is 2.69. The molecule has 2 rings (SSSR count). The highest BCUT2D eigenvalue weighted by Gasteiger charge is 2.36. The quantitative estimate of drug-likeness (QED) is 0.660. The Morgan fingerprint density at radius 3 is 2.58 bits per heavy atom. The summed E-state index contributed by atoms with van der Waals surface area (Å²) >= 11 is 0. The largest absolute Gasteiger partial charge is 0.493 e. The summed E-state index contributed by atoms with van der Waals surface area (Å²) in [6.45, 7) is 3.88. The van der Waals surface area contributed by atoms with E-state index >= 15 is 0 Å². The number of ether oxygens (including phenoxy) is 4. The van der Waals surface area contributed by atoms with Crippen molar-refractivity contribution in [3.63, 3.8) is 0 Å². The third kappa shape index (κ3) is 5.74. The second kappa shape index (κ2) is 10.6. The number of carbonyl (C=O) groups is 1. The van der Waals surface area contributed by atoms with Crippen LogP contribution >= 0.6 is 12.4 Å². The average molecular weight is 389 g/mol. The number of carbonyl (C=O) groups excluding carboxylic acids is 1. The van der Waals surface area contributed by atoms with Gasteiger partial charge in [0.25, 0.3) is 0 Å². The normalized spacial score (nSPS) is 16.9. The Bertz CT molecular complexity index is 579. The van der Waals surface area contributed by atoms with E-state index in [1.807, 2.05) is 25.1 Å². The summed E-state index contributed by atoms with van der Waals surface area (Å²) in [7, 11) is 3.21. The number of halogens is 1. The highest BCUT2D eigenvalue weighted by Crippen LogP contribution is 2.30. The fourth-order valence-electron chi connectivity index (χ4n) is 2.69. The van der Waals surface area contributed by atoms with Crippen LogP contribution in [0.1, 0.15) is 31.4 Å². The summed E-state index contributed by atoms with van der Waals surface area (Å²) in [6, 6.07) is 5.40. The molecule has 1 aliphatic heterocycles. The molecule has 0 aliphatic carbocycles.